The fourth-order valence-corrected chi connectivity index (χ4v) is 5.54. The van der Waals surface area contributed by atoms with Crippen LogP contribution in [0.4, 0.5) is 5.69 Å². The zero-order valence-electron chi connectivity index (χ0n) is 15.2. The molecule has 142 valence electrons. The van der Waals surface area contributed by atoms with E-state index in [0.29, 0.717) is 29.6 Å². The molecule has 5 atom stereocenters. The van der Waals surface area contributed by atoms with Crippen LogP contribution < -0.4 is 10.2 Å². The van der Waals surface area contributed by atoms with E-state index in [1.807, 2.05) is 0 Å². The van der Waals surface area contributed by atoms with E-state index < -0.39 is 0 Å². The van der Waals surface area contributed by atoms with E-state index in [-0.39, 0.29) is 35.7 Å². The number of nitrogens with one attached hydrogen (secondary N) is 1. The monoisotopic (exact) mass is 368 g/mol. The lowest BCUT2D eigenvalue weighted by Gasteiger charge is -2.19. The van der Waals surface area contributed by atoms with E-state index in [9.17, 15) is 14.4 Å². The van der Waals surface area contributed by atoms with Gasteiger partial charge in [-0.2, -0.15) is 0 Å². The van der Waals surface area contributed by atoms with Crippen molar-refractivity contribution in [1.82, 2.24) is 5.32 Å². The molecule has 2 aliphatic heterocycles. The number of hydrogen-bond donors (Lipinski definition) is 1. The molecular formula is C21H24N2O4. The number of ether oxygens (including phenoxy) is 1. The lowest BCUT2D eigenvalue weighted by atomic mass is 9.81. The molecule has 1 N–H and O–H groups in total. The van der Waals surface area contributed by atoms with Gasteiger partial charge in [0.2, 0.25) is 11.8 Å². The summed E-state index contributed by atoms with van der Waals surface area (Å²) in [4.78, 5) is 39.4. The highest BCUT2D eigenvalue weighted by molar-refractivity contribution is 6.22. The normalized spacial score (nSPS) is 34.4. The van der Waals surface area contributed by atoms with Gasteiger partial charge in [-0.3, -0.25) is 19.3 Å². The highest BCUT2D eigenvalue weighted by Crippen LogP contribution is 2.56. The summed E-state index contributed by atoms with van der Waals surface area (Å²) < 4.78 is 5.51. The Labute approximate surface area is 158 Å². The summed E-state index contributed by atoms with van der Waals surface area (Å²) in [6.07, 6.45) is 5.29. The summed E-state index contributed by atoms with van der Waals surface area (Å²) in [6.45, 7) is 1.27. The number of benzene rings is 1. The van der Waals surface area contributed by atoms with Crippen molar-refractivity contribution in [3.8, 4) is 0 Å². The Balaban J connectivity index is 1.28. The highest BCUT2D eigenvalue weighted by atomic mass is 16.5. The maximum atomic E-state index is 12.9. The smallest absolute Gasteiger partial charge is 0.251 e. The third kappa shape index (κ3) is 2.69. The number of nitrogens with zero attached hydrogens (tertiary/aromatic N) is 1. The predicted octanol–water partition coefficient (Wildman–Crippen LogP) is 2.13. The van der Waals surface area contributed by atoms with Gasteiger partial charge in [0, 0.05) is 18.7 Å². The van der Waals surface area contributed by atoms with Gasteiger partial charge in [0.25, 0.3) is 5.91 Å². The Bertz CT molecular complexity index is 756. The van der Waals surface area contributed by atoms with Crippen LogP contribution in [0.2, 0.25) is 0 Å². The summed E-state index contributed by atoms with van der Waals surface area (Å²) >= 11 is 0. The lowest BCUT2D eigenvalue weighted by molar-refractivity contribution is -0.123. The quantitative estimate of drug-likeness (QED) is 0.826. The summed E-state index contributed by atoms with van der Waals surface area (Å²) in [5, 5.41) is 2.89. The van der Waals surface area contributed by atoms with E-state index in [2.05, 4.69) is 5.32 Å². The average molecular weight is 368 g/mol. The average Bonchev–Trinajstić information content (AvgIpc) is 3.45. The SMILES string of the molecule is O=C(NC[C@H]1CCCO1)c1ccc(N2C(=O)[C@@H]3[C@H]4CC[C@@H](C4)[C@@H]3C2=O)cc1. The molecule has 6 heteroatoms. The molecular weight excluding hydrogens is 344 g/mol. The standard InChI is InChI=1S/C21H24N2O4/c24-19(22-11-16-2-1-9-27-16)12-5-7-15(8-6-12)23-20(25)17-13-3-4-14(10-13)18(17)21(23)26/h5-8,13-14,16-18H,1-4,9-11H2,(H,22,24)/t13-,14-,16+,17-,18+/m0/s1. The van der Waals surface area contributed by atoms with Crippen molar-refractivity contribution in [2.75, 3.05) is 18.1 Å². The number of anilines is 1. The molecule has 6 nitrogen and oxygen atoms in total. The van der Waals surface area contributed by atoms with Gasteiger partial charge in [-0.1, -0.05) is 0 Å². The maximum absolute atomic E-state index is 12.9. The van der Waals surface area contributed by atoms with Gasteiger partial charge >= 0.3 is 0 Å². The third-order valence-corrected chi connectivity index (χ3v) is 6.83. The minimum absolute atomic E-state index is 0.0483. The van der Waals surface area contributed by atoms with Crippen LogP contribution in [0, 0.1) is 23.7 Å². The number of amides is 3. The Morgan fingerprint density at radius 1 is 1.04 bits per heavy atom. The molecule has 1 aromatic carbocycles. The highest BCUT2D eigenvalue weighted by Gasteiger charge is 2.61. The number of fused-ring (bicyclic) bond motifs is 5. The number of hydrogen-bond acceptors (Lipinski definition) is 4. The van der Waals surface area contributed by atoms with Crippen molar-refractivity contribution in [3.05, 3.63) is 29.8 Å². The van der Waals surface area contributed by atoms with Crippen LogP contribution in [0.5, 0.6) is 0 Å². The fourth-order valence-electron chi connectivity index (χ4n) is 5.54. The second kappa shape index (κ2) is 6.44. The number of rotatable bonds is 4. The van der Waals surface area contributed by atoms with Crippen molar-refractivity contribution in [3.63, 3.8) is 0 Å². The summed E-state index contributed by atoms with van der Waals surface area (Å²) in [6, 6.07) is 6.78. The molecule has 0 aromatic heterocycles. The first-order chi connectivity index (χ1) is 13.1. The fraction of sp³-hybridized carbons (Fsp3) is 0.571. The topological polar surface area (TPSA) is 75.7 Å². The first kappa shape index (κ1) is 16.9. The first-order valence-electron chi connectivity index (χ1n) is 10.0. The zero-order chi connectivity index (χ0) is 18.5. The van der Waals surface area contributed by atoms with E-state index in [0.717, 1.165) is 38.7 Å². The van der Waals surface area contributed by atoms with Crippen LogP contribution >= 0.6 is 0 Å². The van der Waals surface area contributed by atoms with Gasteiger partial charge < -0.3 is 10.1 Å². The van der Waals surface area contributed by atoms with E-state index >= 15 is 0 Å². The van der Waals surface area contributed by atoms with Crippen molar-refractivity contribution < 1.29 is 19.1 Å². The molecule has 2 bridgehead atoms. The predicted molar refractivity (Wildman–Crippen MR) is 98.1 cm³/mol. The molecule has 0 spiro atoms. The van der Waals surface area contributed by atoms with E-state index in [4.69, 9.17) is 4.74 Å². The number of imide groups is 1. The Hall–Kier alpha value is -2.21. The second-order valence-corrected chi connectivity index (χ2v) is 8.29. The molecule has 1 aromatic rings. The molecule has 2 heterocycles. The maximum Gasteiger partial charge on any atom is 0.251 e. The molecule has 2 saturated heterocycles. The van der Waals surface area contributed by atoms with Crippen molar-refractivity contribution in [2.45, 2.75) is 38.2 Å². The van der Waals surface area contributed by atoms with Gasteiger partial charge in [-0.25, -0.2) is 0 Å². The zero-order valence-corrected chi connectivity index (χ0v) is 15.2. The molecule has 0 radical (unpaired) electrons. The van der Waals surface area contributed by atoms with Gasteiger partial charge in [0.05, 0.1) is 23.6 Å². The molecule has 2 saturated carbocycles. The van der Waals surface area contributed by atoms with Gasteiger partial charge in [0.1, 0.15) is 0 Å². The van der Waals surface area contributed by atoms with Crippen LogP contribution in [-0.2, 0) is 14.3 Å². The summed E-state index contributed by atoms with van der Waals surface area (Å²) in [5.74, 6) is 0.261. The molecule has 27 heavy (non-hydrogen) atoms. The number of carbonyl (C=O) groups excluding carboxylic acids is 3. The van der Waals surface area contributed by atoms with Gasteiger partial charge in [-0.15, -0.1) is 0 Å². The van der Waals surface area contributed by atoms with Crippen molar-refractivity contribution in [1.29, 1.82) is 0 Å². The largest absolute Gasteiger partial charge is 0.376 e. The van der Waals surface area contributed by atoms with Gasteiger partial charge in [-0.05, 0) is 68.2 Å². The van der Waals surface area contributed by atoms with Crippen LogP contribution in [0.3, 0.4) is 0 Å². The Morgan fingerprint density at radius 3 is 2.30 bits per heavy atom. The molecule has 5 rings (SSSR count). The van der Waals surface area contributed by atoms with Crippen LogP contribution in [0.1, 0.15) is 42.5 Å². The first-order valence-corrected chi connectivity index (χ1v) is 10.0. The molecule has 4 aliphatic rings. The van der Waals surface area contributed by atoms with Crippen LogP contribution in [-0.4, -0.2) is 37.0 Å². The minimum atomic E-state index is -0.161. The summed E-state index contributed by atoms with van der Waals surface area (Å²) in [7, 11) is 0. The van der Waals surface area contributed by atoms with Crippen molar-refractivity contribution >= 4 is 23.4 Å². The Kier molecular flexibility index (Phi) is 4.04. The van der Waals surface area contributed by atoms with Gasteiger partial charge in [0.15, 0.2) is 0 Å². The molecule has 4 fully saturated rings. The second-order valence-electron chi connectivity index (χ2n) is 8.29. The van der Waals surface area contributed by atoms with E-state index in [1.54, 1.807) is 24.3 Å². The van der Waals surface area contributed by atoms with Crippen LogP contribution in [0.25, 0.3) is 0 Å². The third-order valence-electron chi connectivity index (χ3n) is 6.83. The van der Waals surface area contributed by atoms with Crippen molar-refractivity contribution in [2.24, 2.45) is 23.7 Å². The summed E-state index contributed by atoms with van der Waals surface area (Å²) in [5.41, 5.74) is 1.10. The molecule has 2 aliphatic carbocycles. The molecule has 0 unspecified atom stereocenters. The minimum Gasteiger partial charge on any atom is -0.376 e. The number of carbonyl (C=O) groups is 3. The Morgan fingerprint density at radius 2 is 1.70 bits per heavy atom. The van der Waals surface area contributed by atoms with Crippen LogP contribution in [0.15, 0.2) is 24.3 Å². The lowest BCUT2D eigenvalue weighted by Crippen LogP contribution is -2.33. The van der Waals surface area contributed by atoms with E-state index in [1.165, 1.54) is 4.90 Å². The molecule has 3 amide bonds.